The maximum Gasteiger partial charge on any atom is 0.222 e. The van der Waals surface area contributed by atoms with Crippen molar-refractivity contribution in [3.63, 3.8) is 0 Å². The summed E-state index contributed by atoms with van der Waals surface area (Å²) in [5.74, 6) is 0.960. The van der Waals surface area contributed by atoms with Gasteiger partial charge in [-0.3, -0.25) is 4.79 Å². The molecule has 2 heterocycles. The first-order valence-electron chi connectivity index (χ1n) is 10.2. The Morgan fingerprint density at radius 3 is 3.03 bits per heavy atom. The highest BCUT2D eigenvalue weighted by atomic mass is 16.5. The molecule has 2 N–H and O–H groups in total. The second-order valence-corrected chi connectivity index (χ2v) is 7.76. The number of benzene rings is 2. The summed E-state index contributed by atoms with van der Waals surface area (Å²) in [5, 5.41) is 5.67. The Balaban J connectivity index is 1.31. The second kappa shape index (κ2) is 7.32. The Hall–Kier alpha value is -3.21. The molecule has 5 heteroatoms. The molecular weight excluding hydrogens is 362 g/mol. The summed E-state index contributed by atoms with van der Waals surface area (Å²) in [4.78, 5) is 16.3. The maximum absolute atomic E-state index is 12.7. The number of carbonyl (C=O) groups is 1. The van der Waals surface area contributed by atoms with E-state index in [0.717, 1.165) is 36.2 Å². The molecule has 4 aromatic rings. The highest BCUT2D eigenvalue weighted by Gasteiger charge is 2.25. The summed E-state index contributed by atoms with van der Waals surface area (Å²) in [6, 6.07) is 16.5. The summed E-state index contributed by atoms with van der Waals surface area (Å²) >= 11 is 0. The number of ether oxygens (including phenoxy) is 1. The molecule has 0 radical (unpaired) electrons. The molecule has 0 spiro atoms. The Morgan fingerprint density at radius 1 is 1.24 bits per heavy atom. The lowest BCUT2D eigenvalue weighted by Crippen LogP contribution is -2.31. The Labute approximate surface area is 169 Å². The Morgan fingerprint density at radius 2 is 2.14 bits per heavy atom. The highest BCUT2D eigenvalue weighted by Crippen LogP contribution is 2.36. The van der Waals surface area contributed by atoms with Crippen molar-refractivity contribution in [1.29, 1.82) is 0 Å². The molecule has 2 aromatic carbocycles. The summed E-state index contributed by atoms with van der Waals surface area (Å²) in [6.45, 7) is 0.683. The smallest absolute Gasteiger partial charge is 0.222 e. The maximum atomic E-state index is 12.7. The van der Waals surface area contributed by atoms with Crippen LogP contribution in [-0.2, 0) is 17.8 Å². The van der Waals surface area contributed by atoms with Crippen LogP contribution in [0, 0.1) is 0 Å². The van der Waals surface area contributed by atoms with Crippen LogP contribution in [0.2, 0.25) is 0 Å². The number of amides is 1. The molecule has 0 aliphatic heterocycles. The third kappa shape index (κ3) is 3.27. The number of rotatable bonds is 5. The van der Waals surface area contributed by atoms with Crippen LogP contribution in [0.15, 0.2) is 54.7 Å². The summed E-state index contributed by atoms with van der Waals surface area (Å²) < 4.78 is 7.54. The van der Waals surface area contributed by atoms with Crippen LogP contribution in [0.25, 0.3) is 21.8 Å². The summed E-state index contributed by atoms with van der Waals surface area (Å²) in [6.07, 6.45) is 5.60. The first-order valence-corrected chi connectivity index (χ1v) is 10.2. The summed E-state index contributed by atoms with van der Waals surface area (Å²) in [5.41, 5.74) is 4.74. The van der Waals surface area contributed by atoms with Gasteiger partial charge in [0, 0.05) is 41.3 Å². The van der Waals surface area contributed by atoms with Crippen molar-refractivity contribution in [2.24, 2.45) is 0 Å². The van der Waals surface area contributed by atoms with Crippen molar-refractivity contribution in [2.45, 2.75) is 38.3 Å². The molecular formula is C24H25N3O2. The second-order valence-electron chi connectivity index (χ2n) is 7.76. The van der Waals surface area contributed by atoms with Crippen LogP contribution >= 0.6 is 0 Å². The first-order chi connectivity index (χ1) is 14.2. The molecule has 1 aliphatic rings. The lowest BCUT2D eigenvalue weighted by atomic mass is 9.91. The molecule has 1 amide bonds. The van der Waals surface area contributed by atoms with E-state index in [1.807, 2.05) is 18.2 Å². The van der Waals surface area contributed by atoms with Gasteiger partial charge in [0.1, 0.15) is 5.75 Å². The quantitative estimate of drug-likeness (QED) is 0.521. The number of aromatic amines is 1. The molecule has 2 aromatic heterocycles. The number of nitrogens with zero attached hydrogens (tertiary/aromatic N) is 1. The fourth-order valence-corrected chi connectivity index (χ4v) is 4.54. The minimum absolute atomic E-state index is 0.0473. The normalized spacial score (nSPS) is 16.1. The third-order valence-corrected chi connectivity index (χ3v) is 6.01. The van der Waals surface area contributed by atoms with Gasteiger partial charge in [-0.05, 0) is 60.5 Å². The standard InChI is InChI=1S/C24H25N3O2/c1-29-17-9-10-20-19(15-17)18-6-4-7-21(24(18)26-20)25-23(28)12-14-27-13-11-16-5-2-3-8-22(16)27/h2-3,5,8-11,13,15,21,26H,4,6-7,12,14H2,1H3,(H,25,28)/t21-/m0/s1. The van der Waals surface area contributed by atoms with E-state index < -0.39 is 0 Å². The van der Waals surface area contributed by atoms with Crippen LogP contribution in [0.4, 0.5) is 0 Å². The van der Waals surface area contributed by atoms with Gasteiger partial charge in [0.25, 0.3) is 0 Å². The predicted molar refractivity (Wildman–Crippen MR) is 115 cm³/mol. The molecule has 0 unspecified atom stereocenters. The average Bonchev–Trinajstić information content (AvgIpc) is 3.34. The molecule has 0 bridgehead atoms. The Bertz CT molecular complexity index is 1190. The van der Waals surface area contributed by atoms with Gasteiger partial charge in [-0.25, -0.2) is 0 Å². The van der Waals surface area contributed by atoms with Crippen LogP contribution in [0.3, 0.4) is 0 Å². The molecule has 5 nitrogen and oxygen atoms in total. The van der Waals surface area contributed by atoms with Crippen LogP contribution < -0.4 is 10.1 Å². The van der Waals surface area contributed by atoms with E-state index in [1.54, 1.807) is 7.11 Å². The highest BCUT2D eigenvalue weighted by molar-refractivity contribution is 5.87. The zero-order chi connectivity index (χ0) is 19.8. The molecule has 29 heavy (non-hydrogen) atoms. The van der Waals surface area contributed by atoms with Crippen molar-refractivity contribution < 1.29 is 9.53 Å². The fourth-order valence-electron chi connectivity index (χ4n) is 4.54. The van der Waals surface area contributed by atoms with Gasteiger partial charge >= 0.3 is 0 Å². The first kappa shape index (κ1) is 17.9. The van der Waals surface area contributed by atoms with E-state index in [1.165, 1.54) is 21.9 Å². The number of carbonyl (C=O) groups excluding carboxylic acids is 1. The van der Waals surface area contributed by atoms with E-state index in [4.69, 9.17) is 4.74 Å². The molecule has 0 fully saturated rings. The molecule has 5 rings (SSSR count). The number of fused-ring (bicyclic) bond motifs is 4. The number of aromatic nitrogens is 2. The zero-order valence-corrected chi connectivity index (χ0v) is 16.6. The monoisotopic (exact) mass is 387 g/mol. The molecule has 0 saturated heterocycles. The fraction of sp³-hybridized carbons (Fsp3) is 0.292. The van der Waals surface area contributed by atoms with Gasteiger partial charge in [-0.1, -0.05) is 18.2 Å². The number of hydrogen-bond donors (Lipinski definition) is 2. The number of methoxy groups -OCH3 is 1. The van der Waals surface area contributed by atoms with E-state index in [2.05, 4.69) is 51.4 Å². The molecule has 0 saturated carbocycles. The van der Waals surface area contributed by atoms with Crippen molar-refractivity contribution in [3.05, 3.63) is 66.0 Å². The van der Waals surface area contributed by atoms with Gasteiger partial charge in [0.2, 0.25) is 5.91 Å². The molecule has 1 atom stereocenters. The lowest BCUT2D eigenvalue weighted by Gasteiger charge is -2.24. The van der Waals surface area contributed by atoms with Gasteiger partial charge in [0.15, 0.2) is 0 Å². The lowest BCUT2D eigenvalue weighted by molar-refractivity contribution is -0.122. The number of nitrogens with one attached hydrogen (secondary N) is 2. The predicted octanol–water partition coefficient (Wildman–Crippen LogP) is 4.72. The topological polar surface area (TPSA) is 59.0 Å². The minimum atomic E-state index is 0.0473. The van der Waals surface area contributed by atoms with Crippen molar-refractivity contribution in [2.75, 3.05) is 7.11 Å². The van der Waals surface area contributed by atoms with Crippen LogP contribution in [0.5, 0.6) is 5.75 Å². The SMILES string of the molecule is COc1ccc2[nH]c3c(c2c1)CCC[C@@H]3NC(=O)CCn1ccc2ccccc21. The van der Waals surface area contributed by atoms with E-state index in [9.17, 15) is 4.79 Å². The van der Waals surface area contributed by atoms with E-state index in [0.29, 0.717) is 13.0 Å². The van der Waals surface area contributed by atoms with Gasteiger partial charge < -0.3 is 19.6 Å². The van der Waals surface area contributed by atoms with Gasteiger partial charge in [-0.2, -0.15) is 0 Å². The van der Waals surface area contributed by atoms with Gasteiger partial charge in [-0.15, -0.1) is 0 Å². The number of H-pyrrole nitrogens is 1. The molecule has 1 aliphatic carbocycles. The molecule has 148 valence electrons. The van der Waals surface area contributed by atoms with E-state index >= 15 is 0 Å². The van der Waals surface area contributed by atoms with Gasteiger partial charge in [0.05, 0.1) is 13.2 Å². The van der Waals surface area contributed by atoms with Crippen LogP contribution in [-0.4, -0.2) is 22.6 Å². The largest absolute Gasteiger partial charge is 0.497 e. The number of hydrogen-bond acceptors (Lipinski definition) is 2. The van der Waals surface area contributed by atoms with Crippen molar-refractivity contribution >= 4 is 27.7 Å². The third-order valence-electron chi connectivity index (χ3n) is 6.01. The van der Waals surface area contributed by atoms with Crippen molar-refractivity contribution in [1.82, 2.24) is 14.9 Å². The average molecular weight is 387 g/mol. The zero-order valence-electron chi connectivity index (χ0n) is 16.6. The number of aryl methyl sites for hydroxylation is 2. The summed E-state index contributed by atoms with van der Waals surface area (Å²) in [7, 11) is 1.69. The van der Waals surface area contributed by atoms with E-state index in [-0.39, 0.29) is 11.9 Å². The van der Waals surface area contributed by atoms with Crippen LogP contribution in [0.1, 0.15) is 36.6 Å². The van der Waals surface area contributed by atoms with Crippen molar-refractivity contribution in [3.8, 4) is 5.75 Å². The Kier molecular flexibility index (Phi) is 4.51. The minimum Gasteiger partial charge on any atom is -0.497 e. The number of para-hydroxylation sites is 1.